The molecular formula is C15H17N3S2. The number of hydrogen-bond donors (Lipinski definition) is 2. The van der Waals surface area contributed by atoms with Gasteiger partial charge in [-0.05, 0) is 48.6 Å². The van der Waals surface area contributed by atoms with Gasteiger partial charge in [0.05, 0.1) is 10.6 Å². The zero-order chi connectivity index (χ0) is 14.4. The third-order valence-corrected chi connectivity index (χ3v) is 3.94. The molecule has 104 valence electrons. The van der Waals surface area contributed by atoms with E-state index >= 15 is 0 Å². The summed E-state index contributed by atoms with van der Waals surface area (Å²) in [6, 6.07) is 12.1. The average Bonchev–Trinajstić information content (AvgIpc) is 2.96. The molecule has 0 aliphatic rings. The lowest BCUT2D eigenvalue weighted by Crippen LogP contribution is -2.25. The maximum atomic E-state index is 5.27. The van der Waals surface area contributed by atoms with Gasteiger partial charge in [-0.1, -0.05) is 31.2 Å². The summed E-state index contributed by atoms with van der Waals surface area (Å²) in [7, 11) is 0. The molecule has 5 heteroatoms. The van der Waals surface area contributed by atoms with Gasteiger partial charge in [0.2, 0.25) is 0 Å². The van der Waals surface area contributed by atoms with Crippen LogP contribution in [0.1, 0.15) is 23.8 Å². The first-order valence-corrected chi connectivity index (χ1v) is 7.72. The molecule has 0 saturated carbocycles. The van der Waals surface area contributed by atoms with Crippen molar-refractivity contribution < 1.29 is 0 Å². The molecule has 0 aliphatic heterocycles. The van der Waals surface area contributed by atoms with Crippen LogP contribution in [-0.4, -0.2) is 10.8 Å². The van der Waals surface area contributed by atoms with Crippen LogP contribution < -0.4 is 10.7 Å². The lowest BCUT2D eigenvalue weighted by Gasteiger charge is -2.10. The van der Waals surface area contributed by atoms with E-state index in [-0.39, 0.29) is 0 Å². The summed E-state index contributed by atoms with van der Waals surface area (Å²) in [6.45, 7) is 4.12. The Kier molecular flexibility index (Phi) is 5.26. The van der Waals surface area contributed by atoms with Gasteiger partial charge in [-0.2, -0.15) is 5.10 Å². The summed E-state index contributed by atoms with van der Waals surface area (Å²) in [5, 5.41) is 10.1. The molecule has 2 aromatic rings. The number of thiophene rings is 1. The molecule has 0 radical (unpaired) electrons. The Bertz CT molecular complexity index is 603. The predicted octanol–water partition coefficient (Wildman–Crippen LogP) is 4.16. The Morgan fingerprint density at radius 2 is 2.05 bits per heavy atom. The average molecular weight is 303 g/mol. The molecule has 3 nitrogen and oxygen atoms in total. The van der Waals surface area contributed by atoms with Crippen molar-refractivity contribution in [3.63, 3.8) is 0 Å². The molecule has 1 heterocycles. The summed E-state index contributed by atoms with van der Waals surface area (Å²) in [5.74, 6) is 0. The van der Waals surface area contributed by atoms with Crippen molar-refractivity contribution in [3.8, 4) is 0 Å². The quantitative estimate of drug-likeness (QED) is 0.506. The number of anilines is 1. The van der Waals surface area contributed by atoms with Gasteiger partial charge in [0.1, 0.15) is 0 Å². The van der Waals surface area contributed by atoms with E-state index < -0.39 is 0 Å². The third kappa shape index (κ3) is 3.88. The molecule has 0 saturated heterocycles. The Morgan fingerprint density at radius 3 is 2.70 bits per heavy atom. The minimum atomic E-state index is 0.502. The topological polar surface area (TPSA) is 36.4 Å². The molecule has 20 heavy (non-hydrogen) atoms. The number of nitrogens with one attached hydrogen (secondary N) is 2. The first-order valence-electron chi connectivity index (χ1n) is 6.43. The minimum absolute atomic E-state index is 0.502. The second kappa shape index (κ2) is 7.17. The Morgan fingerprint density at radius 1 is 1.25 bits per heavy atom. The van der Waals surface area contributed by atoms with Crippen LogP contribution in [0.15, 0.2) is 46.9 Å². The highest BCUT2D eigenvalue weighted by atomic mass is 32.1. The summed E-state index contributed by atoms with van der Waals surface area (Å²) >= 11 is 6.94. The standard InChI is InChI=1S/C15H17N3S2/c1-3-12(14-9-6-10-20-14)17-18-15(19)16-13-8-5-4-7-11(13)2/h4-10H,3H2,1-2H3,(H2,16,18,19)/b17-12-. The van der Waals surface area contributed by atoms with Gasteiger partial charge in [0, 0.05) is 5.69 Å². The number of aryl methyl sites for hydroxylation is 1. The number of para-hydroxylation sites is 1. The number of thiocarbonyl (C=S) groups is 1. The molecule has 1 aromatic heterocycles. The lowest BCUT2D eigenvalue weighted by atomic mass is 10.2. The summed E-state index contributed by atoms with van der Waals surface area (Å²) in [6.07, 6.45) is 0.862. The van der Waals surface area contributed by atoms with Crippen LogP contribution >= 0.6 is 23.6 Å². The molecule has 0 spiro atoms. The van der Waals surface area contributed by atoms with E-state index in [0.717, 1.165) is 23.4 Å². The number of benzene rings is 1. The van der Waals surface area contributed by atoms with E-state index in [2.05, 4.69) is 28.8 Å². The molecule has 0 bridgehead atoms. The van der Waals surface area contributed by atoms with Crippen molar-refractivity contribution in [2.24, 2.45) is 5.10 Å². The fourth-order valence-corrected chi connectivity index (χ4v) is 2.68. The third-order valence-electron chi connectivity index (χ3n) is 2.83. The fraction of sp³-hybridized carbons (Fsp3) is 0.200. The van der Waals surface area contributed by atoms with Crippen LogP contribution in [0.25, 0.3) is 0 Å². The highest BCUT2D eigenvalue weighted by Gasteiger charge is 2.03. The van der Waals surface area contributed by atoms with Crippen molar-refractivity contribution >= 4 is 40.1 Å². The van der Waals surface area contributed by atoms with Crippen molar-refractivity contribution in [1.82, 2.24) is 5.43 Å². The SMILES string of the molecule is CC/C(=N/NC(=S)Nc1ccccc1C)c1cccs1. The monoisotopic (exact) mass is 303 g/mol. The molecule has 1 aromatic carbocycles. The maximum absolute atomic E-state index is 5.27. The highest BCUT2D eigenvalue weighted by Crippen LogP contribution is 2.13. The zero-order valence-corrected chi connectivity index (χ0v) is 13.1. The van der Waals surface area contributed by atoms with Gasteiger partial charge in [-0.3, -0.25) is 5.43 Å². The molecule has 2 N–H and O–H groups in total. The second-order valence-electron chi connectivity index (χ2n) is 4.27. The zero-order valence-electron chi connectivity index (χ0n) is 11.5. The van der Waals surface area contributed by atoms with Crippen molar-refractivity contribution in [3.05, 3.63) is 52.2 Å². The Hall–Kier alpha value is -1.72. The van der Waals surface area contributed by atoms with Gasteiger partial charge in [0.15, 0.2) is 5.11 Å². The van der Waals surface area contributed by atoms with Crippen LogP contribution in [0.4, 0.5) is 5.69 Å². The van der Waals surface area contributed by atoms with Crippen LogP contribution in [0, 0.1) is 6.92 Å². The predicted molar refractivity (Wildman–Crippen MR) is 91.7 cm³/mol. The summed E-state index contributed by atoms with van der Waals surface area (Å²) < 4.78 is 0. The number of hydrazone groups is 1. The van der Waals surface area contributed by atoms with E-state index in [0.29, 0.717) is 5.11 Å². The van der Waals surface area contributed by atoms with Crippen molar-refractivity contribution in [1.29, 1.82) is 0 Å². The Labute approximate surface area is 128 Å². The van der Waals surface area contributed by atoms with Gasteiger partial charge < -0.3 is 5.32 Å². The summed E-state index contributed by atoms with van der Waals surface area (Å²) in [5.41, 5.74) is 6.06. The van der Waals surface area contributed by atoms with E-state index in [4.69, 9.17) is 12.2 Å². The van der Waals surface area contributed by atoms with Crippen LogP contribution in [0.3, 0.4) is 0 Å². The highest BCUT2D eigenvalue weighted by molar-refractivity contribution is 7.80. The Balaban J connectivity index is 2.00. The molecular weight excluding hydrogens is 286 g/mol. The number of rotatable bonds is 4. The lowest BCUT2D eigenvalue weighted by molar-refractivity contribution is 1.02. The fourth-order valence-electron chi connectivity index (χ4n) is 1.73. The van der Waals surface area contributed by atoms with Crippen LogP contribution in [-0.2, 0) is 0 Å². The largest absolute Gasteiger partial charge is 0.331 e. The smallest absolute Gasteiger partial charge is 0.191 e. The first-order chi connectivity index (χ1) is 9.70. The van der Waals surface area contributed by atoms with Crippen molar-refractivity contribution in [2.75, 3.05) is 5.32 Å². The molecule has 0 aliphatic carbocycles. The number of nitrogens with zero attached hydrogens (tertiary/aromatic N) is 1. The molecule has 0 atom stereocenters. The van der Waals surface area contributed by atoms with Crippen LogP contribution in [0.5, 0.6) is 0 Å². The van der Waals surface area contributed by atoms with Crippen LogP contribution in [0.2, 0.25) is 0 Å². The maximum Gasteiger partial charge on any atom is 0.191 e. The van der Waals surface area contributed by atoms with E-state index in [1.165, 1.54) is 4.88 Å². The summed E-state index contributed by atoms with van der Waals surface area (Å²) in [4.78, 5) is 1.17. The van der Waals surface area contributed by atoms with Crippen molar-refractivity contribution in [2.45, 2.75) is 20.3 Å². The minimum Gasteiger partial charge on any atom is -0.331 e. The molecule has 0 unspecified atom stereocenters. The first kappa shape index (κ1) is 14.7. The normalized spacial score (nSPS) is 11.2. The van der Waals surface area contributed by atoms with E-state index in [1.54, 1.807) is 11.3 Å². The van der Waals surface area contributed by atoms with Gasteiger partial charge >= 0.3 is 0 Å². The molecule has 2 rings (SSSR count). The van der Waals surface area contributed by atoms with E-state index in [9.17, 15) is 0 Å². The van der Waals surface area contributed by atoms with Gasteiger partial charge in [-0.15, -0.1) is 11.3 Å². The molecule has 0 amide bonds. The second-order valence-corrected chi connectivity index (χ2v) is 5.63. The van der Waals surface area contributed by atoms with Gasteiger partial charge in [0.25, 0.3) is 0 Å². The molecule has 0 fully saturated rings. The number of hydrogen-bond acceptors (Lipinski definition) is 3. The van der Waals surface area contributed by atoms with E-state index in [1.807, 2.05) is 42.6 Å². The van der Waals surface area contributed by atoms with Gasteiger partial charge in [-0.25, -0.2) is 0 Å².